The number of benzene rings is 2. The monoisotopic (exact) mass is 372 g/mol. The molecule has 1 N–H and O–H groups in total. The normalized spacial score (nSPS) is 11.8. The second kappa shape index (κ2) is 5.94. The summed E-state index contributed by atoms with van der Waals surface area (Å²) in [7, 11) is 0. The van der Waals surface area contributed by atoms with E-state index in [1.165, 1.54) is 17.0 Å². The highest BCUT2D eigenvalue weighted by atomic mass is 19.4. The molecule has 0 spiro atoms. The van der Waals surface area contributed by atoms with Gasteiger partial charge in [-0.15, -0.1) is 10.2 Å². The second-order valence-corrected chi connectivity index (χ2v) is 5.67. The van der Waals surface area contributed by atoms with Crippen LogP contribution in [0.5, 0.6) is 0 Å². The summed E-state index contributed by atoms with van der Waals surface area (Å²) in [4.78, 5) is 15.0. The highest BCUT2D eigenvalue weighted by molar-refractivity contribution is 6.06. The lowest BCUT2D eigenvalue weighted by atomic mass is 10.1. The van der Waals surface area contributed by atoms with E-state index in [1.807, 2.05) is 0 Å². The van der Waals surface area contributed by atoms with Gasteiger partial charge < -0.3 is 15.2 Å². The third-order valence-electron chi connectivity index (χ3n) is 3.97. The van der Waals surface area contributed by atoms with E-state index < -0.39 is 18.0 Å². The highest BCUT2D eigenvalue weighted by Crippen LogP contribution is 2.29. The zero-order valence-corrected chi connectivity index (χ0v) is 13.4. The number of carboxylic acid groups (broad SMARTS) is 1. The summed E-state index contributed by atoms with van der Waals surface area (Å²) >= 11 is 0. The van der Waals surface area contributed by atoms with Crippen molar-refractivity contribution in [2.45, 2.75) is 6.18 Å². The molecule has 0 fully saturated rings. The first kappa shape index (κ1) is 16.8. The SMILES string of the molecule is O=C([O-])Nc1ccc2c(ccc3c2ncn3-c2ccc(C(F)(F)F)nn2)c1. The molecule has 4 rings (SSSR count). The molecule has 0 aliphatic carbocycles. The molecule has 1 amide bonds. The highest BCUT2D eigenvalue weighted by Gasteiger charge is 2.33. The van der Waals surface area contributed by atoms with E-state index in [-0.39, 0.29) is 5.82 Å². The lowest BCUT2D eigenvalue weighted by Gasteiger charge is -2.09. The number of carbonyl (C=O) groups excluding carboxylic acids is 1. The van der Waals surface area contributed by atoms with E-state index in [4.69, 9.17) is 0 Å². The maximum atomic E-state index is 12.6. The lowest BCUT2D eigenvalue weighted by molar-refractivity contribution is -0.242. The summed E-state index contributed by atoms with van der Waals surface area (Å²) in [6.45, 7) is 0. The molecular formula is C17H9F3N5O2-. The molecule has 2 aromatic heterocycles. The average molecular weight is 372 g/mol. The molecule has 2 aromatic carbocycles. The number of nitrogens with one attached hydrogen (secondary N) is 1. The van der Waals surface area contributed by atoms with E-state index in [9.17, 15) is 23.1 Å². The van der Waals surface area contributed by atoms with Gasteiger partial charge in [-0.25, -0.2) is 4.98 Å². The molecule has 2 heterocycles. The maximum absolute atomic E-state index is 12.6. The number of hydrogen-bond donors (Lipinski definition) is 1. The van der Waals surface area contributed by atoms with Gasteiger partial charge in [0.15, 0.2) is 11.5 Å². The number of anilines is 1. The predicted octanol–water partition coefficient (Wildman–Crippen LogP) is 2.74. The molecule has 10 heteroatoms. The zero-order valence-electron chi connectivity index (χ0n) is 13.4. The molecule has 0 saturated heterocycles. The van der Waals surface area contributed by atoms with Gasteiger partial charge in [-0.05, 0) is 35.7 Å². The average Bonchev–Trinajstić information content (AvgIpc) is 3.04. The van der Waals surface area contributed by atoms with Crippen LogP contribution in [0.4, 0.5) is 23.7 Å². The van der Waals surface area contributed by atoms with Crippen molar-refractivity contribution in [3.05, 3.63) is 54.5 Å². The fourth-order valence-corrected chi connectivity index (χ4v) is 2.79. The van der Waals surface area contributed by atoms with Gasteiger partial charge in [0.05, 0.1) is 11.0 Å². The Labute approximate surface area is 149 Å². The van der Waals surface area contributed by atoms with Crippen LogP contribution in [-0.2, 0) is 6.18 Å². The first-order chi connectivity index (χ1) is 12.8. The van der Waals surface area contributed by atoms with Gasteiger partial charge in [0.25, 0.3) is 0 Å². The Hall–Kier alpha value is -3.69. The minimum absolute atomic E-state index is 0.195. The Bertz CT molecular complexity index is 1170. The minimum atomic E-state index is -4.56. The molecule has 27 heavy (non-hydrogen) atoms. The van der Waals surface area contributed by atoms with Crippen LogP contribution in [0.25, 0.3) is 27.6 Å². The van der Waals surface area contributed by atoms with E-state index >= 15 is 0 Å². The van der Waals surface area contributed by atoms with Crippen LogP contribution in [0.3, 0.4) is 0 Å². The molecule has 0 aliphatic rings. The van der Waals surface area contributed by atoms with Crippen molar-refractivity contribution < 1.29 is 23.1 Å². The van der Waals surface area contributed by atoms with Crippen LogP contribution in [0, 0.1) is 0 Å². The quantitative estimate of drug-likeness (QED) is 0.584. The number of amides is 1. The summed E-state index contributed by atoms with van der Waals surface area (Å²) in [5.41, 5.74) is 0.496. The largest absolute Gasteiger partial charge is 0.530 e. The molecule has 0 aliphatic heterocycles. The second-order valence-electron chi connectivity index (χ2n) is 5.67. The lowest BCUT2D eigenvalue weighted by Crippen LogP contribution is -2.28. The summed E-state index contributed by atoms with van der Waals surface area (Å²) in [5.74, 6) is 0.195. The van der Waals surface area contributed by atoms with E-state index in [1.54, 1.807) is 30.3 Å². The van der Waals surface area contributed by atoms with Crippen LogP contribution in [-0.4, -0.2) is 25.8 Å². The summed E-state index contributed by atoms with van der Waals surface area (Å²) in [6, 6.07) is 10.4. The first-order valence-corrected chi connectivity index (χ1v) is 7.62. The third kappa shape index (κ3) is 3.01. The van der Waals surface area contributed by atoms with Crippen molar-refractivity contribution in [1.29, 1.82) is 0 Å². The zero-order chi connectivity index (χ0) is 19.2. The van der Waals surface area contributed by atoms with E-state index in [0.717, 1.165) is 16.8 Å². The van der Waals surface area contributed by atoms with Crippen LogP contribution in [0.2, 0.25) is 0 Å². The molecule has 0 radical (unpaired) electrons. The summed E-state index contributed by atoms with van der Waals surface area (Å²) in [5, 5.41) is 21.1. The van der Waals surface area contributed by atoms with E-state index in [0.29, 0.717) is 16.7 Å². The Morgan fingerprint density at radius 2 is 1.89 bits per heavy atom. The van der Waals surface area contributed by atoms with Crippen molar-refractivity contribution in [2.24, 2.45) is 0 Å². The molecule has 0 saturated carbocycles. The summed E-state index contributed by atoms with van der Waals surface area (Å²) in [6.07, 6.45) is -4.54. The van der Waals surface area contributed by atoms with Gasteiger partial charge in [-0.1, -0.05) is 12.1 Å². The molecule has 0 unspecified atom stereocenters. The Balaban J connectivity index is 1.79. The van der Waals surface area contributed by atoms with Gasteiger partial charge in [-0.3, -0.25) is 4.57 Å². The maximum Gasteiger partial charge on any atom is 0.435 e. The summed E-state index contributed by atoms with van der Waals surface area (Å²) < 4.78 is 39.4. The van der Waals surface area contributed by atoms with Crippen molar-refractivity contribution in [1.82, 2.24) is 19.7 Å². The van der Waals surface area contributed by atoms with Gasteiger partial charge in [0.1, 0.15) is 12.4 Å². The van der Waals surface area contributed by atoms with Gasteiger partial charge >= 0.3 is 6.18 Å². The van der Waals surface area contributed by atoms with Crippen LogP contribution in [0.15, 0.2) is 48.8 Å². The number of alkyl halides is 3. The fourth-order valence-electron chi connectivity index (χ4n) is 2.79. The van der Waals surface area contributed by atoms with Crippen molar-refractivity contribution in [3.8, 4) is 5.82 Å². The number of fused-ring (bicyclic) bond motifs is 3. The van der Waals surface area contributed by atoms with Crippen molar-refractivity contribution >= 4 is 33.6 Å². The number of aromatic nitrogens is 4. The number of carbonyl (C=O) groups is 1. The van der Waals surface area contributed by atoms with Crippen LogP contribution >= 0.6 is 0 Å². The number of nitrogens with zero attached hydrogens (tertiary/aromatic N) is 4. The van der Waals surface area contributed by atoms with Crippen LogP contribution < -0.4 is 10.4 Å². The molecule has 7 nitrogen and oxygen atoms in total. The van der Waals surface area contributed by atoms with E-state index in [2.05, 4.69) is 20.5 Å². The Morgan fingerprint density at radius 3 is 2.56 bits per heavy atom. The number of hydrogen-bond acceptors (Lipinski definition) is 5. The number of imidazole rings is 1. The first-order valence-electron chi connectivity index (χ1n) is 7.62. The van der Waals surface area contributed by atoms with Gasteiger partial charge in [0.2, 0.25) is 0 Å². The fraction of sp³-hybridized carbons (Fsp3) is 0.0588. The smallest absolute Gasteiger partial charge is 0.435 e. The number of rotatable bonds is 2. The minimum Gasteiger partial charge on any atom is -0.530 e. The number of halogens is 3. The Morgan fingerprint density at radius 1 is 1.07 bits per heavy atom. The third-order valence-corrected chi connectivity index (χ3v) is 3.97. The van der Waals surface area contributed by atoms with Gasteiger partial charge in [-0.2, -0.15) is 13.2 Å². The Kier molecular flexibility index (Phi) is 3.69. The predicted molar refractivity (Wildman–Crippen MR) is 88.2 cm³/mol. The van der Waals surface area contributed by atoms with Crippen LogP contribution in [0.1, 0.15) is 5.69 Å². The molecular weight excluding hydrogens is 363 g/mol. The van der Waals surface area contributed by atoms with Gasteiger partial charge in [0, 0.05) is 11.1 Å². The molecule has 0 atom stereocenters. The molecule has 0 bridgehead atoms. The molecule has 4 aromatic rings. The van der Waals surface area contributed by atoms with Crippen molar-refractivity contribution in [3.63, 3.8) is 0 Å². The topological polar surface area (TPSA) is 95.8 Å². The van der Waals surface area contributed by atoms with Crippen molar-refractivity contribution in [2.75, 3.05) is 5.32 Å². The molecule has 136 valence electrons. The standard InChI is InChI=1S/C17H10F3N5O2/c18-17(19,20)13-5-6-14(24-23-13)25-8-21-15-11-3-2-10(22-16(26)27)7-9(11)1-4-12(15)25/h1-8,22H,(H,26,27)/p-1.